The van der Waals surface area contributed by atoms with Crippen LogP contribution in [0.25, 0.3) is 10.1 Å². The van der Waals surface area contributed by atoms with Crippen molar-refractivity contribution in [2.75, 3.05) is 6.54 Å². The van der Waals surface area contributed by atoms with Crippen LogP contribution in [0.1, 0.15) is 4.88 Å². The number of aliphatic hydroxyl groups is 1. The van der Waals surface area contributed by atoms with Crippen molar-refractivity contribution in [3.63, 3.8) is 0 Å². The zero-order chi connectivity index (χ0) is 13.1. The Kier molecular flexibility index (Phi) is 4.50. The minimum Gasteiger partial charge on any atom is -0.386 e. The third-order valence-corrected chi connectivity index (χ3v) is 4.25. The van der Waals surface area contributed by atoms with Crippen molar-refractivity contribution >= 4 is 33.0 Å². The molecule has 1 atom stereocenters. The molecule has 2 nitrogen and oxygen atoms in total. The van der Waals surface area contributed by atoms with E-state index in [1.54, 1.807) is 0 Å². The molecule has 1 unspecified atom stereocenters. The molecule has 1 heterocycles. The van der Waals surface area contributed by atoms with Gasteiger partial charge in [0.1, 0.15) is 6.10 Å². The molecule has 1 aromatic heterocycles. The molecule has 18 heavy (non-hydrogen) atoms. The number of halogens is 3. The minimum atomic E-state index is -2.73. The van der Waals surface area contributed by atoms with Crippen LogP contribution in [0, 0.1) is 0 Å². The van der Waals surface area contributed by atoms with Gasteiger partial charge in [0.25, 0.3) is 6.43 Å². The van der Waals surface area contributed by atoms with Crippen molar-refractivity contribution in [3.8, 4) is 0 Å². The lowest BCUT2D eigenvalue weighted by molar-refractivity contribution is -0.00337. The van der Waals surface area contributed by atoms with Crippen molar-refractivity contribution in [2.24, 2.45) is 0 Å². The van der Waals surface area contributed by atoms with Gasteiger partial charge in [-0.25, -0.2) is 8.78 Å². The lowest BCUT2D eigenvalue weighted by Crippen LogP contribution is -2.31. The Morgan fingerprint density at radius 2 is 2.06 bits per heavy atom. The van der Waals surface area contributed by atoms with Crippen LogP contribution < -0.4 is 5.32 Å². The zero-order valence-electron chi connectivity index (χ0n) is 9.37. The molecule has 0 fully saturated rings. The van der Waals surface area contributed by atoms with E-state index < -0.39 is 12.5 Å². The van der Waals surface area contributed by atoms with E-state index in [0.717, 1.165) is 15.0 Å². The summed E-state index contributed by atoms with van der Waals surface area (Å²) in [4.78, 5) is 0.888. The number of hydrogen-bond acceptors (Lipinski definition) is 3. The first kappa shape index (κ1) is 13.7. The molecule has 2 aromatic rings. The molecule has 0 aliphatic rings. The van der Waals surface area contributed by atoms with Gasteiger partial charge in [-0.3, -0.25) is 0 Å². The van der Waals surface area contributed by atoms with Gasteiger partial charge in [-0.2, -0.15) is 0 Å². The second-order valence-corrected chi connectivity index (χ2v) is 5.38. The molecule has 0 aliphatic carbocycles. The summed E-state index contributed by atoms with van der Waals surface area (Å²) in [6.45, 7) is 0.226. The average molecular weight is 292 g/mol. The summed E-state index contributed by atoms with van der Waals surface area (Å²) >= 11 is 7.72. The van der Waals surface area contributed by atoms with Crippen molar-refractivity contribution in [3.05, 3.63) is 34.2 Å². The number of benzene rings is 1. The topological polar surface area (TPSA) is 32.3 Å². The van der Waals surface area contributed by atoms with Gasteiger partial charge in [0, 0.05) is 28.1 Å². The van der Waals surface area contributed by atoms with Gasteiger partial charge < -0.3 is 10.4 Å². The van der Waals surface area contributed by atoms with Crippen LogP contribution in [-0.2, 0) is 6.54 Å². The maximum atomic E-state index is 12.1. The van der Waals surface area contributed by atoms with E-state index in [2.05, 4.69) is 5.32 Å². The molecule has 0 amide bonds. The predicted octanol–water partition coefficient (Wildman–Crippen LogP) is 3.27. The minimum absolute atomic E-state index is 0.151. The molecule has 0 saturated heterocycles. The molecule has 0 radical (unpaired) electrons. The van der Waals surface area contributed by atoms with E-state index in [1.807, 2.05) is 24.3 Å². The maximum absolute atomic E-state index is 12.1. The molecular weight excluding hydrogens is 280 g/mol. The molecule has 98 valence electrons. The highest BCUT2D eigenvalue weighted by Crippen LogP contribution is 2.34. The lowest BCUT2D eigenvalue weighted by Gasteiger charge is -2.09. The summed E-state index contributed by atoms with van der Waals surface area (Å²) in [6.07, 6.45) is -4.37. The predicted molar refractivity (Wildman–Crippen MR) is 70.6 cm³/mol. The number of rotatable bonds is 5. The largest absolute Gasteiger partial charge is 0.386 e. The van der Waals surface area contributed by atoms with Crippen molar-refractivity contribution in [2.45, 2.75) is 19.1 Å². The summed E-state index contributed by atoms with van der Waals surface area (Å²) < 4.78 is 25.2. The number of thiophene rings is 1. The summed E-state index contributed by atoms with van der Waals surface area (Å²) in [6, 6.07) is 7.71. The van der Waals surface area contributed by atoms with E-state index in [9.17, 15) is 8.78 Å². The average Bonchev–Trinajstić information content (AvgIpc) is 2.67. The van der Waals surface area contributed by atoms with Crippen LogP contribution in [-0.4, -0.2) is 24.2 Å². The molecule has 0 saturated carbocycles. The standard InChI is InChI=1S/C12H12ClF2NOS/c13-11-7-3-1-2-4-9(7)18-10(11)6-16-5-8(17)12(14)15/h1-4,8,12,16-17H,5-6H2. The molecule has 0 aliphatic heterocycles. The van der Waals surface area contributed by atoms with Gasteiger partial charge in [-0.05, 0) is 6.07 Å². The van der Waals surface area contributed by atoms with Crippen LogP contribution in [0.4, 0.5) is 8.78 Å². The first-order valence-corrected chi connectivity index (χ1v) is 6.62. The number of nitrogens with one attached hydrogen (secondary N) is 1. The van der Waals surface area contributed by atoms with E-state index in [1.165, 1.54) is 11.3 Å². The van der Waals surface area contributed by atoms with Crippen molar-refractivity contribution < 1.29 is 13.9 Å². The Morgan fingerprint density at radius 3 is 2.72 bits per heavy atom. The van der Waals surface area contributed by atoms with Gasteiger partial charge >= 0.3 is 0 Å². The number of fused-ring (bicyclic) bond motifs is 1. The number of hydrogen-bond donors (Lipinski definition) is 2. The molecule has 2 rings (SSSR count). The van der Waals surface area contributed by atoms with Crippen molar-refractivity contribution in [1.82, 2.24) is 5.32 Å². The maximum Gasteiger partial charge on any atom is 0.265 e. The Morgan fingerprint density at radius 1 is 1.33 bits per heavy atom. The fraction of sp³-hybridized carbons (Fsp3) is 0.333. The molecule has 6 heteroatoms. The number of aliphatic hydroxyl groups excluding tert-OH is 1. The van der Waals surface area contributed by atoms with E-state index >= 15 is 0 Å². The normalized spacial score (nSPS) is 13.4. The second-order valence-electron chi connectivity index (χ2n) is 3.87. The monoisotopic (exact) mass is 291 g/mol. The SMILES string of the molecule is OC(CNCc1sc2ccccc2c1Cl)C(F)F. The summed E-state index contributed by atoms with van der Waals surface area (Å²) in [5.41, 5.74) is 0. The van der Waals surface area contributed by atoms with Crippen LogP contribution in [0.5, 0.6) is 0 Å². The lowest BCUT2D eigenvalue weighted by atomic mass is 10.2. The van der Waals surface area contributed by atoms with Gasteiger partial charge in [-0.15, -0.1) is 11.3 Å². The summed E-state index contributed by atoms with van der Waals surface area (Å²) in [5.74, 6) is 0. The van der Waals surface area contributed by atoms with Crippen LogP contribution in [0.3, 0.4) is 0 Å². The highest BCUT2D eigenvalue weighted by Gasteiger charge is 2.16. The van der Waals surface area contributed by atoms with Crippen LogP contribution >= 0.6 is 22.9 Å². The molecule has 0 bridgehead atoms. The Bertz CT molecular complexity index is 532. The number of alkyl halides is 2. The van der Waals surface area contributed by atoms with Gasteiger partial charge in [0.2, 0.25) is 0 Å². The van der Waals surface area contributed by atoms with Crippen molar-refractivity contribution in [1.29, 1.82) is 0 Å². The Balaban J connectivity index is 2.02. The third-order valence-electron chi connectivity index (χ3n) is 2.53. The van der Waals surface area contributed by atoms with E-state index in [-0.39, 0.29) is 6.54 Å². The fourth-order valence-corrected chi connectivity index (χ4v) is 3.07. The molecular formula is C12H12ClF2NOS. The van der Waals surface area contributed by atoms with E-state index in [4.69, 9.17) is 16.7 Å². The van der Waals surface area contributed by atoms with Gasteiger partial charge in [0.05, 0.1) is 5.02 Å². The molecule has 2 N–H and O–H groups in total. The van der Waals surface area contributed by atoms with Gasteiger partial charge in [-0.1, -0.05) is 29.8 Å². The smallest absolute Gasteiger partial charge is 0.265 e. The Hall–Kier alpha value is -0.750. The summed E-state index contributed by atoms with van der Waals surface area (Å²) in [5, 5.41) is 13.4. The first-order chi connectivity index (χ1) is 8.59. The van der Waals surface area contributed by atoms with E-state index in [0.29, 0.717) is 11.6 Å². The molecule has 0 spiro atoms. The fourth-order valence-electron chi connectivity index (χ4n) is 1.60. The van der Waals surface area contributed by atoms with Crippen LogP contribution in [0.2, 0.25) is 5.02 Å². The zero-order valence-corrected chi connectivity index (χ0v) is 10.9. The Labute approximate surface area is 112 Å². The third kappa shape index (κ3) is 2.98. The van der Waals surface area contributed by atoms with Crippen LogP contribution in [0.15, 0.2) is 24.3 Å². The first-order valence-electron chi connectivity index (χ1n) is 5.42. The second kappa shape index (κ2) is 5.93. The highest BCUT2D eigenvalue weighted by molar-refractivity contribution is 7.19. The highest BCUT2D eigenvalue weighted by atomic mass is 35.5. The summed E-state index contributed by atoms with van der Waals surface area (Å²) in [7, 11) is 0. The molecule has 1 aromatic carbocycles. The quantitative estimate of drug-likeness (QED) is 0.886. The van der Waals surface area contributed by atoms with Gasteiger partial charge in [0.15, 0.2) is 0 Å².